The fraction of sp³-hybridized carbons (Fsp3) is 1.00. The Morgan fingerprint density at radius 2 is 1.50 bits per heavy atom. The number of ether oxygens (including phenoxy) is 5. The Morgan fingerprint density at radius 1 is 0.889 bits per heavy atom. The number of rotatable bonds is 0. The molecule has 3 rings (SSSR count). The second-order valence-electron chi connectivity index (χ2n) is 5.92. The van der Waals surface area contributed by atoms with Crippen molar-refractivity contribution in [3.63, 3.8) is 0 Å². The molecule has 0 bridgehead atoms. The summed E-state index contributed by atoms with van der Waals surface area (Å²) in [6, 6.07) is 0. The van der Waals surface area contributed by atoms with Crippen LogP contribution in [-0.2, 0) is 23.7 Å². The molecule has 0 aromatic heterocycles. The number of aliphatic hydroxyl groups excluding tert-OH is 1. The monoisotopic (exact) mass is 260 g/mol. The van der Waals surface area contributed by atoms with E-state index in [1.54, 1.807) is 0 Å². The molecule has 0 spiro atoms. The maximum Gasteiger partial charge on any atom is 0.184 e. The normalized spacial score (nSPS) is 49.5. The molecule has 6 heteroatoms. The number of fused-ring (bicyclic) bond motifs is 3. The molecule has 0 aromatic rings. The molecule has 6 nitrogen and oxygen atoms in total. The lowest BCUT2D eigenvalue weighted by Gasteiger charge is -2.47. The van der Waals surface area contributed by atoms with Crippen molar-refractivity contribution in [2.75, 3.05) is 6.61 Å². The zero-order chi connectivity index (χ0) is 13.1. The summed E-state index contributed by atoms with van der Waals surface area (Å²) in [4.78, 5) is 0. The van der Waals surface area contributed by atoms with Crippen molar-refractivity contribution in [3.05, 3.63) is 0 Å². The first kappa shape index (κ1) is 12.8. The zero-order valence-electron chi connectivity index (χ0n) is 11.1. The summed E-state index contributed by atoms with van der Waals surface area (Å²) in [5.41, 5.74) is 0. The van der Waals surface area contributed by atoms with Gasteiger partial charge in [0.05, 0.1) is 6.61 Å². The third-order valence-corrected chi connectivity index (χ3v) is 3.46. The van der Waals surface area contributed by atoms with Crippen LogP contribution in [0.3, 0.4) is 0 Å². The van der Waals surface area contributed by atoms with Gasteiger partial charge in [-0.3, -0.25) is 0 Å². The van der Waals surface area contributed by atoms with Crippen LogP contribution in [0, 0.1) is 0 Å². The summed E-state index contributed by atoms with van der Waals surface area (Å²) in [5, 5.41) is 9.94. The fourth-order valence-electron chi connectivity index (χ4n) is 2.76. The Hall–Kier alpha value is -0.240. The Bertz CT molecular complexity index is 341. The van der Waals surface area contributed by atoms with Crippen LogP contribution in [0.15, 0.2) is 0 Å². The smallest absolute Gasteiger partial charge is 0.184 e. The first-order valence-electron chi connectivity index (χ1n) is 6.28. The van der Waals surface area contributed by atoms with Crippen LogP contribution in [0.25, 0.3) is 0 Å². The van der Waals surface area contributed by atoms with Gasteiger partial charge in [-0.2, -0.15) is 0 Å². The highest BCUT2D eigenvalue weighted by Gasteiger charge is 2.58. The third-order valence-electron chi connectivity index (χ3n) is 3.46. The summed E-state index contributed by atoms with van der Waals surface area (Å²) in [5.74, 6) is -1.41. The van der Waals surface area contributed by atoms with Crippen molar-refractivity contribution in [1.82, 2.24) is 0 Å². The van der Waals surface area contributed by atoms with Gasteiger partial charge in [-0.05, 0) is 27.7 Å². The third kappa shape index (κ3) is 2.07. The van der Waals surface area contributed by atoms with Gasteiger partial charge in [0.2, 0.25) is 0 Å². The molecule has 0 aromatic carbocycles. The van der Waals surface area contributed by atoms with Crippen molar-refractivity contribution in [3.8, 4) is 0 Å². The number of hydrogen-bond acceptors (Lipinski definition) is 6. The Balaban J connectivity index is 1.84. The topological polar surface area (TPSA) is 66.4 Å². The quantitative estimate of drug-likeness (QED) is 0.679. The van der Waals surface area contributed by atoms with Gasteiger partial charge in [0.1, 0.15) is 24.4 Å². The van der Waals surface area contributed by atoms with Crippen molar-refractivity contribution >= 4 is 0 Å². The molecule has 0 amide bonds. The van der Waals surface area contributed by atoms with Crippen LogP contribution < -0.4 is 0 Å². The Labute approximate surface area is 106 Å². The van der Waals surface area contributed by atoms with E-state index in [1.165, 1.54) is 0 Å². The minimum Gasteiger partial charge on any atom is -0.366 e. The molecule has 1 unspecified atom stereocenters. The van der Waals surface area contributed by atoms with Crippen molar-refractivity contribution in [1.29, 1.82) is 0 Å². The predicted octanol–water partition coefficient (Wildman–Crippen LogP) is 0.375. The number of aliphatic hydroxyl groups is 1. The molecule has 3 fully saturated rings. The van der Waals surface area contributed by atoms with Crippen LogP contribution >= 0.6 is 0 Å². The van der Waals surface area contributed by atoms with E-state index < -0.39 is 24.0 Å². The molecule has 0 aliphatic carbocycles. The maximum atomic E-state index is 9.94. The summed E-state index contributed by atoms with van der Waals surface area (Å²) in [6.45, 7) is 7.71. The molecule has 0 radical (unpaired) electrons. The molecular weight excluding hydrogens is 240 g/mol. The highest BCUT2D eigenvalue weighted by Crippen LogP contribution is 2.41. The van der Waals surface area contributed by atoms with E-state index in [0.29, 0.717) is 6.61 Å². The summed E-state index contributed by atoms with van der Waals surface area (Å²) in [7, 11) is 0. The van der Waals surface area contributed by atoms with Crippen LogP contribution in [0.4, 0.5) is 0 Å². The first-order valence-corrected chi connectivity index (χ1v) is 6.28. The van der Waals surface area contributed by atoms with Gasteiger partial charge in [-0.25, -0.2) is 0 Å². The lowest BCUT2D eigenvalue weighted by molar-refractivity contribution is -0.365. The molecule has 3 saturated heterocycles. The van der Waals surface area contributed by atoms with Crippen LogP contribution in [0.2, 0.25) is 0 Å². The molecule has 3 heterocycles. The largest absolute Gasteiger partial charge is 0.366 e. The fourth-order valence-corrected chi connectivity index (χ4v) is 2.76. The van der Waals surface area contributed by atoms with Gasteiger partial charge in [0, 0.05) is 0 Å². The summed E-state index contributed by atoms with van der Waals surface area (Å²) < 4.78 is 28.4. The molecule has 18 heavy (non-hydrogen) atoms. The summed E-state index contributed by atoms with van der Waals surface area (Å²) in [6.07, 6.45) is -2.48. The molecule has 1 N–H and O–H groups in total. The predicted molar refractivity (Wildman–Crippen MR) is 59.6 cm³/mol. The molecule has 5 atom stereocenters. The first-order chi connectivity index (χ1) is 8.27. The minimum absolute atomic E-state index is 0.288. The minimum atomic E-state index is -1.01. The lowest BCUT2D eigenvalue weighted by Crippen LogP contribution is -2.63. The summed E-state index contributed by atoms with van der Waals surface area (Å²) >= 11 is 0. The van der Waals surface area contributed by atoms with E-state index >= 15 is 0 Å². The second kappa shape index (κ2) is 3.88. The number of hydrogen-bond donors (Lipinski definition) is 1. The van der Waals surface area contributed by atoms with Gasteiger partial charge < -0.3 is 28.8 Å². The van der Waals surface area contributed by atoms with Gasteiger partial charge in [0.25, 0.3) is 0 Å². The lowest BCUT2D eigenvalue weighted by atomic mass is 9.98. The van der Waals surface area contributed by atoms with Gasteiger partial charge >= 0.3 is 0 Å². The van der Waals surface area contributed by atoms with E-state index in [1.807, 2.05) is 27.7 Å². The van der Waals surface area contributed by atoms with Crippen LogP contribution in [-0.4, -0.2) is 54.0 Å². The van der Waals surface area contributed by atoms with E-state index in [4.69, 9.17) is 23.7 Å². The standard InChI is InChI=1S/C12H20O6/c1-11(2)14-5-6-7(16-11)8-9(10(13)15-6)18-12(3,4)17-8/h6-10,13H,5H2,1-4H3/t6-,7-,8+,9-,10?/m1/s1. The van der Waals surface area contributed by atoms with E-state index in [0.717, 1.165) is 0 Å². The van der Waals surface area contributed by atoms with Crippen LogP contribution in [0.1, 0.15) is 27.7 Å². The van der Waals surface area contributed by atoms with Gasteiger partial charge in [-0.15, -0.1) is 0 Å². The Kier molecular flexibility index (Phi) is 2.75. The van der Waals surface area contributed by atoms with Gasteiger partial charge in [-0.1, -0.05) is 0 Å². The average Bonchev–Trinajstić information content (AvgIpc) is 2.56. The molecule has 3 aliphatic rings. The molecule has 104 valence electrons. The maximum absolute atomic E-state index is 9.94. The SMILES string of the molecule is CC1(C)OC[C@H]2OC(O)[C@@H]3OC(C)(C)O[C@H]3[C@@H]2O1. The van der Waals surface area contributed by atoms with Crippen molar-refractivity contribution in [2.24, 2.45) is 0 Å². The molecular formula is C12H20O6. The molecule has 3 aliphatic heterocycles. The highest BCUT2D eigenvalue weighted by atomic mass is 16.8. The second-order valence-corrected chi connectivity index (χ2v) is 5.92. The average molecular weight is 260 g/mol. The molecule has 0 saturated carbocycles. The van der Waals surface area contributed by atoms with E-state index in [-0.39, 0.29) is 18.3 Å². The van der Waals surface area contributed by atoms with Crippen molar-refractivity contribution < 1.29 is 28.8 Å². The zero-order valence-corrected chi connectivity index (χ0v) is 11.1. The van der Waals surface area contributed by atoms with E-state index in [2.05, 4.69) is 0 Å². The van der Waals surface area contributed by atoms with Gasteiger partial charge in [0.15, 0.2) is 17.9 Å². The van der Waals surface area contributed by atoms with E-state index in [9.17, 15) is 5.11 Å². The Morgan fingerprint density at radius 3 is 2.22 bits per heavy atom. The highest BCUT2D eigenvalue weighted by molar-refractivity contribution is 4.98. The van der Waals surface area contributed by atoms with Crippen LogP contribution in [0.5, 0.6) is 0 Å². The van der Waals surface area contributed by atoms with Crippen molar-refractivity contribution in [2.45, 2.75) is 70.0 Å².